The molecule has 0 spiro atoms. The van der Waals surface area contributed by atoms with Crippen molar-refractivity contribution in [1.82, 2.24) is 4.90 Å². The Morgan fingerprint density at radius 3 is 1.69 bits per heavy atom. The van der Waals surface area contributed by atoms with E-state index in [1.54, 1.807) is 6.07 Å². The predicted molar refractivity (Wildman–Crippen MR) is 115 cm³/mol. The van der Waals surface area contributed by atoms with Gasteiger partial charge in [-0.15, -0.1) is 0 Å². The fraction of sp³-hybridized carbons (Fsp3) is 0.0952. The maximum atomic E-state index is 6.09. The molecule has 0 atom stereocenters. The number of halogens is 2. The Kier molecular flexibility index (Phi) is 6.51. The quantitative estimate of drug-likeness (QED) is 0.499. The SMILES string of the molecule is S=C(Nc1cc(Cl)cc(Cl)c1)N(Cc1ccccc1)Cc1ccccc1. The summed E-state index contributed by atoms with van der Waals surface area (Å²) in [6.45, 7) is 1.41. The van der Waals surface area contributed by atoms with Crippen LogP contribution in [0.5, 0.6) is 0 Å². The highest BCUT2D eigenvalue weighted by Gasteiger charge is 2.12. The number of anilines is 1. The van der Waals surface area contributed by atoms with Crippen LogP contribution in [0.15, 0.2) is 78.9 Å². The van der Waals surface area contributed by atoms with Crippen LogP contribution in [0.25, 0.3) is 0 Å². The van der Waals surface area contributed by atoms with Crippen LogP contribution in [0.4, 0.5) is 5.69 Å². The van der Waals surface area contributed by atoms with Gasteiger partial charge in [0, 0.05) is 28.8 Å². The Balaban J connectivity index is 1.80. The van der Waals surface area contributed by atoms with Crippen LogP contribution in [-0.2, 0) is 13.1 Å². The minimum absolute atomic E-state index is 0.570. The molecule has 3 aromatic rings. The van der Waals surface area contributed by atoms with Gasteiger partial charge >= 0.3 is 0 Å². The molecule has 1 N–H and O–H groups in total. The molecule has 26 heavy (non-hydrogen) atoms. The van der Waals surface area contributed by atoms with Crippen molar-refractivity contribution in [3.05, 3.63) is 100 Å². The molecule has 0 aromatic heterocycles. The lowest BCUT2D eigenvalue weighted by Gasteiger charge is -2.26. The molecule has 0 fully saturated rings. The molecule has 2 nitrogen and oxygen atoms in total. The third-order valence-electron chi connectivity index (χ3n) is 3.83. The number of rotatable bonds is 5. The standard InChI is InChI=1S/C21H18Cl2N2S/c22-18-11-19(23)13-20(12-18)24-21(26)25(14-16-7-3-1-4-8-16)15-17-9-5-2-6-10-17/h1-13H,14-15H2,(H,24,26). The van der Waals surface area contributed by atoms with Gasteiger partial charge in [0.25, 0.3) is 0 Å². The van der Waals surface area contributed by atoms with Gasteiger partial charge in [-0.3, -0.25) is 0 Å². The molecular weight excluding hydrogens is 383 g/mol. The van der Waals surface area contributed by atoms with Crippen LogP contribution < -0.4 is 5.32 Å². The Morgan fingerprint density at radius 2 is 1.23 bits per heavy atom. The zero-order chi connectivity index (χ0) is 18.4. The van der Waals surface area contributed by atoms with Crippen LogP contribution in [0.1, 0.15) is 11.1 Å². The van der Waals surface area contributed by atoms with Crippen molar-refractivity contribution < 1.29 is 0 Å². The zero-order valence-electron chi connectivity index (χ0n) is 14.0. The van der Waals surface area contributed by atoms with Crippen LogP contribution in [0.3, 0.4) is 0 Å². The second-order valence-corrected chi connectivity index (χ2v) is 7.18. The third-order valence-corrected chi connectivity index (χ3v) is 4.63. The summed E-state index contributed by atoms with van der Waals surface area (Å²) in [6.07, 6.45) is 0. The lowest BCUT2D eigenvalue weighted by molar-refractivity contribution is 0.413. The van der Waals surface area contributed by atoms with Crippen LogP contribution in [0, 0.1) is 0 Å². The van der Waals surface area contributed by atoms with Gasteiger partial charge in [-0.2, -0.15) is 0 Å². The summed E-state index contributed by atoms with van der Waals surface area (Å²) in [7, 11) is 0. The van der Waals surface area contributed by atoms with Gasteiger partial charge in [-0.05, 0) is 41.5 Å². The molecular formula is C21H18Cl2N2S. The molecule has 0 saturated heterocycles. The highest BCUT2D eigenvalue weighted by Crippen LogP contribution is 2.23. The zero-order valence-corrected chi connectivity index (χ0v) is 16.4. The fourth-order valence-electron chi connectivity index (χ4n) is 2.64. The smallest absolute Gasteiger partial charge is 0.174 e. The summed E-state index contributed by atoms with van der Waals surface area (Å²) in [6, 6.07) is 25.8. The van der Waals surface area contributed by atoms with Gasteiger partial charge in [0.1, 0.15) is 0 Å². The van der Waals surface area contributed by atoms with E-state index in [4.69, 9.17) is 35.4 Å². The Bertz CT molecular complexity index is 808. The third kappa shape index (κ3) is 5.46. The first-order valence-electron chi connectivity index (χ1n) is 8.20. The van der Waals surface area contributed by atoms with E-state index in [2.05, 4.69) is 34.5 Å². The molecule has 0 saturated carbocycles. The largest absolute Gasteiger partial charge is 0.340 e. The monoisotopic (exact) mass is 400 g/mol. The summed E-state index contributed by atoms with van der Waals surface area (Å²) < 4.78 is 0. The van der Waals surface area contributed by atoms with Crippen molar-refractivity contribution in [2.75, 3.05) is 5.32 Å². The summed E-state index contributed by atoms with van der Waals surface area (Å²) >= 11 is 17.9. The van der Waals surface area contributed by atoms with Crippen molar-refractivity contribution >= 4 is 46.2 Å². The molecule has 0 bridgehead atoms. The average Bonchev–Trinajstić information content (AvgIpc) is 2.62. The van der Waals surface area contributed by atoms with Crippen molar-refractivity contribution in [2.24, 2.45) is 0 Å². The molecule has 3 rings (SSSR count). The number of hydrogen-bond donors (Lipinski definition) is 1. The van der Waals surface area contributed by atoms with Gasteiger partial charge in [0.15, 0.2) is 5.11 Å². The van der Waals surface area contributed by atoms with Crippen molar-refractivity contribution in [1.29, 1.82) is 0 Å². The summed E-state index contributed by atoms with van der Waals surface area (Å²) in [4.78, 5) is 2.12. The maximum absolute atomic E-state index is 6.09. The van der Waals surface area contributed by atoms with E-state index in [9.17, 15) is 0 Å². The minimum Gasteiger partial charge on any atom is -0.340 e. The van der Waals surface area contributed by atoms with E-state index in [0.29, 0.717) is 28.2 Å². The molecule has 5 heteroatoms. The molecule has 0 aliphatic heterocycles. The minimum atomic E-state index is 0.570. The number of nitrogens with zero attached hydrogens (tertiary/aromatic N) is 1. The van der Waals surface area contributed by atoms with E-state index in [1.165, 1.54) is 11.1 Å². The highest BCUT2D eigenvalue weighted by atomic mass is 35.5. The number of benzene rings is 3. The van der Waals surface area contributed by atoms with Crippen molar-refractivity contribution in [3.63, 3.8) is 0 Å². The topological polar surface area (TPSA) is 15.3 Å². The lowest BCUT2D eigenvalue weighted by atomic mass is 10.2. The molecule has 0 amide bonds. The molecule has 0 aliphatic rings. The van der Waals surface area contributed by atoms with E-state index < -0.39 is 0 Å². The Labute approximate surface area is 169 Å². The molecule has 0 heterocycles. The Hall–Kier alpha value is -2.07. The van der Waals surface area contributed by atoms with Gasteiger partial charge in [-0.1, -0.05) is 83.9 Å². The first-order valence-corrected chi connectivity index (χ1v) is 9.36. The van der Waals surface area contributed by atoms with Crippen LogP contribution in [-0.4, -0.2) is 10.0 Å². The van der Waals surface area contributed by atoms with Crippen LogP contribution >= 0.6 is 35.4 Å². The highest BCUT2D eigenvalue weighted by molar-refractivity contribution is 7.80. The molecule has 0 unspecified atom stereocenters. The lowest BCUT2D eigenvalue weighted by Crippen LogP contribution is -2.33. The van der Waals surface area contributed by atoms with Gasteiger partial charge in [0.05, 0.1) is 0 Å². The number of nitrogens with one attached hydrogen (secondary N) is 1. The van der Waals surface area contributed by atoms with Crippen molar-refractivity contribution in [3.8, 4) is 0 Å². The first-order chi connectivity index (χ1) is 12.6. The molecule has 132 valence electrons. The summed E-state index contributed by atoms with van der Waals surface area (Å²) in [5, 5.41) is 5.01. The number of thiocarbonyl (C=S) groups is 1. The summed E-state index contributed by atoms with van der Waals surface area (Å²) in [5.74, 6) is 0. The predicted octanol–water partition coefficient (Wildman–Crippen LogP) is 6.39. The van der Waals surface area contributed by atoms with Gasteiger partial charge in [0.2, 0.25) is 0 Å². The average molecular weight is 401 g/mol. The molecule has 0 aliphatic carbocycles. The van der Waals surface area contributed by atoms with E-state index in [-0.39, 0.29) is 0 Å². The van der Waals surface area contributed by atoms with E-state index >= 15 is 0 Å². The molecule has 3 aromatic carbocycles. The molecule has 0 radical (unpaired) electrons. The first kappa shape index (κ1) is 18.7. The van der Waals surface area contributed by atoms with Crippen molar-refractivity contribution in [2.45, 2.75) is 13.1 Å². The van der Waals surface area contributed by atoms with Gasteiger partial charge < -0.3 is 10.2 Å². The second-order valence-electron chi connectivity index (χ2n) is 5.92. The normalized spacial score (nSPS) is 10.4. The maximum Gasteiger partial charge on any atom is 0.174 e. The Morgan fingerprint density at radius 1 is 0.769 bits per heavy atom. The van der Waals surface area contributed by atoms with Gasteiger partial charge in [-0.25, -0.2) is 0 Å². The summed E-state index contributed by atoms with van der Waals surface area (Å²) in [5.41, 5.74) is 3.16. The fourth-order valence-corrected chi connectivity index (χ4v) is 3.41. The van der Waals surface area contributed by atoms with Crippen LogP contribution in [0.2, 0.25) is 10.0 Å². The number of hydrogen-bond acceptors (Lipinski definition) is 1. The second kappa shape index (κ2) is 9.04. The van der Waals surface area contributed by atoms with E-state index in [1.807, 2.05) is 48.5 Å². The van der Waals surface area contributed by atoms with E-state index in [0.717, 1.165) is 5.69 Å².